The van der Waals surface area contributed by atoms with Gasteiger partial charge in [0.2, 0.25) is 0 Å². The van der Waals surface area contributed by atoms with Crippen LogP contribution in [0.5, 0.6) is 0 Å². The molecule has 3 aromatic rings. The van der Waals surface area contributed by atoms with Crippen LogP contribution in [0.25, 0.3) is 16.5 Å². The summed E-state index contributed by atoms with van der Waals surface area (Å²) in [5.41, 5.74) is -0.120. The first-order chi connectivity index (χ1) is 20.6. The molecular weight excluding hydrogens is 622 g/mol. The van der Waals surface area contributed by atoms with E-state index < -0.39 is 41.6 Å². The van der Waals surface area contributed by atoms with Crippen molar-refractivity contribution in [3.63, 3.8) is 0 Å². The van der Waals surface area contributed by atoms with Crippen LogP contribution in [0.15, 0.2) is 52.5 Å². The third kappa shape index (κ3) is 6.88. The molecule has 0 aliphatic carbocycles. The lowest BCUT2D eigenvalue weighted by Gasteiger charge is -2.39. The first kappa shape index (κ1) is 31.8. The van der Waals surface area contributed by atoms with Gasteiger partial charge in [-0.05, 0) is 86.3 Å². The maximum absolute atomic E-state index is 15.4. The molecule has 44 heavy (non-hydrogen) atoms. The van der Waals surface area contributed by atoms with Crippen LogP contribution >= 0.6 is 23.4 Å². The Bertz CT molecular complexity index is 1670. The topological polar surface area (TPSA) is 90.9 Å². The quantitative estimate of drug-likeness (QED) is 0.239. The number of carbonyl (C=O) groups is 2. The monoisotopic (exact) mass is 651 g/mol. The van der Waals surface area contributed by atoms with E-state index in [9.17, 15) is 22.8 Å². The number of ether oxygens (including phenoxy) is 1. The van der Waals surface area contributed by atoms with Crippen molar-refractivity contribution in [2.75, 3.05) is 20.1 Å². The van der Waals surface area contributed by atoms with Gasteiger partial charge in [0.05, 0.1) is 34.8 Å². The van der Waals surface area contributed by atoms with E-state index in [0.717, 1.165) is 17.8 Å². The fraction of sp³-hybridized carbons (Fsp3) is 0.400. The summed E-state index contributed by atoms with van der Waals surface area (Å²) in [6.45, 7) is 5.24. The Morgan fingerprint density at radius 3 is 2.64 bits per heavy atom. The first-order valence-corrected chi connectivity index (χ1v) is 15.0. The highest BCUT2D eigenvalue weighted by atomic mass is 35.5. The number of aliphatic imine (C=N–C) groups is 1. The predicted molar refractivity (Wildman–Crippen MR) is 162 cm³/mol. The Morgan fingerprint density at radius 1 is 1.20 bits per heavy atom. The average molecular weight is 652 g/mol. The fourth-order valence-electron chi connectivity index (χ4n) is 5.20. The highest BCUT2D eigenvalue weighted by Crippen LogP contribution is 2.41. The molecule has 14 heteroatoms. The average Bonchev–Trinajstić information content (AvgIpc) is 3.56. The van der Waals surface area contributed by atoms with Crippen LogP contribution in [-0.2, 0) is 22.1 Å². The maximum atomic E-state index is 15.4. The van der Waals surface area contributed by atoms with E-state index in [1.165, 1.54) is 17.0 Å². The number of H-pyrrole nitrogens is 1. The number of benzene rings is 2. The number of rotatable bonds is 4. The zero-order chi connectivity index (χ0) is 32.0. The van der Waals surface area contributed by atoms with E-state index in [2.05, 4.69) is 15.2 Å². The van der Waals surface area contributed by atoms with Crippen molar-refractivity contribution in [1.29, 1.82) is 0 Å². The highest BCUT2D eigenvalue weighted by Gasteiger charge is 2.40. The molecule has 1 fully saturated rings. The van der Waals surface area contributed by atoms with Gasteiger partial charge in [0.1, 0.15) is 11.8 Å². The third-order valence-electron chi connectivity index (χ3n) is 7.35. The summed E-state index contributed by atoms with van der Waals surface area (Å²) in [5.74, 6) is -0.636. The summed E-state index contributed by atoms with van der Waals surface area (Å²) in [6, 6.07) is 8.02. The summed E-state index contributed by atoms with van der Waals surface area (Å²) in [7, 11) is 1.61. The van der Waals surface area contributed by atoms with Gasteiger partial charge < -0.3 is 14.5 Å². The molecule has 0 radical (unpaired) electrons. The highest BCUT2D eigenvalue weighted by molar-refractivity contribution is 8.18. The van der Waals surface area contributed by atoms with Crippen molar-refractivity contribution >= 4 is 57.0 Å². The molecule has 1 N–H and O–H groups in total. The number of alkyl halides is 4. The lowest BCUT2D eigenvalue weighted by Crippen LogP contribution is -2.54. The summed E-state index contributed by atoms with van der Waals surface area (Å²) >= 11 is 6.90. The van der Waals surface area contributed by atoms with Crippen LogP contribution in [0, 0.1) is 0 Å². The molecule has 0 saturated carbocycles. The van der Waals surface area contributed by atoms with Gasteiger partial charge in [0.25, 0.3) is 5.91 Å². The third-order valence-corrected chi connectivity index (χ3v) is 8.77. The lowest BCUT2D eigenvalue weighted by molar-refractivity contribution is -0.138. The number of nitrogens with zero attached hydrogens (tertiary/aromatic N) is 4. The number of hydrogen-bond donors (Lipinski definition) is 1. The molecule has 3 heterocycles. The van der Waals surface area contributed by atoms with E-state index in [0.29, 0.717) is 22.0 Å². The number of allylic oxidation sites excluding steroid dienone is 1. The molecule has 0 bridgehead atoms. The molecule has 1 aromatic heterocycles. The number of hydrogen-bond acceptors (Lipinski definition) is 6. The van der Waals surface area contributed by atoms with Gasteiger partial charge in [-0.1, -0.05) is 23.7 Å². The van der Waals surface area contributed by atoms with Crippen molar-refractivity contribution in [1.82, 2.24) is 20.0 Å². The summed E-state index contributed by atoms with van der Waals surface area (Å²) in [6.07, 6.45) is -5.14. The van der Waals surface area contributed by atoms with Gasteiger partial charge in [-0.25, -0.2) is 9.18 Å². The Hall–Kier alpha value is -3.58. The van der Waals surface area contributed by atoms with Gasteiger partial charge in [0, 0.05) is 24.0 Å². The predicted octanol–water partition coefficient (Wildman–Crippen LogP) is 7.10. The number of thioether (sulfide) groups is 1. The summed E-state index contributed by atoms with van der Waals surface area (Å²) in [4.78, 5) is 33.0. The van der Waals surface area contributed by atoms with E-state index in [1.807, 2.05) is 0 Å². The molecule has 2 unspecified atom stereocenters. The SMILES string of the molecule is CN(C1=NC(=O)C(=C(Cc2ccc(Cl)cc2C(F)(F)F)c2ccc3[nH]ncc3c2)S1)C1CCN(C(=O)OC(C)(C)C)CC1F. The number of carbonyl (C=O) groups excluding carboxylic acids is 2. The number of amides is 2. The molecule has 2 atom stereocenters. The van der Waals surface area contributed by atoms with E-state index in [1.54, 1.807) is 57.1 Å². The van der Waals surface area contributed by atoms with Crippen LogP contribution in [0.2, 0.25) is 5.02 Å². The molecule has 2 aliphatic heterocycles. The van der Waals surface area contributed by atoms with Gasteiger partial charge in [-0.3, -0.25) is 9.89 Å². The zero-order valence-electron chi connectivity index (χ0n) is 24.3. The van der Waals surface area contributed by atoms with E-state index in [-0.39, 0.29) is 46.6 Å². The van der Waals surface area contributed by atoms with Crippen LogP contribution in [0.3, 0.4) is 0 Å². The van der Waals surface area contributed by atoms with E-state index >= 15 is 4.39 Å². The number of aromatic amines is 1. The molecule has 0 spiro atoms. The summed E-state index contributed by atoms with van der Waals surface area (Å²) < 4.78 is 62.8. The Morgan fingerprint density at radius 2 is 1.95 bits per heavy atom. The van der Waals surface area contributed by atoms with Crippen molar-refractivity contribution in [3.8, 4) is 0 Å². The number of piperidine rings is 1. The number of fused-ring (bicyclic) bond motifs is 1. The van der Waals surface area contributed by atoms with Crippen LogP contribution in [0.4, 0.5) is 22.4 Å². The molecule has 5 rings (SSSR count). The second-order valence-electron chi connectivity index (χ2n) is 11.7. The number of aromatic nitrogens is 2. The lowest BCUT2D eigenvalue weighted by atomic mass is 9.93. The smallest absolute Gasteiger partial charge is 0.416 e. The number of amidine groups is 1. The van der Waals surface area contributed by atoms with Crippen molar-refractivity contribution in [3.05, 3.63) is 69.2 Å². The fourth-order valence-corrected chi connectivity index (χ4v) is 6.41. The summed E-state index contributed by atoms with van der Waals surface area (Å²) in [5, 5.41) is 7.71. The molecule has 2 aromatic carbocycles. The molecular formula is C30H30ClF4N5O3S. The van der Waals surface area contributed by atoms with Crippen LogP contribution in [0.1, 0.15) is 43.9 Å². The second kappa shape index (κ2) is 12.1. The molecule has 2 aliphatic rings. The van der Waals surface area contributed by atoms with E-state index in [4.69, 9.17) is 16.3 Å². The number of likely N-dealkylation sites (tertiary alicyclic amines) is 1. The van der Waals surface area contributed by atoms with Crippen LogP contribution < -0.4 is 0 Å². The Balaban J connectivity index is 1.44. The van der Waals surface area contributed by atoms with Crippen molar-refractivity contribution in [2.45, 2.75) is 57.6 Å². The van der Waals surface area contributed by atoms with Gasteiger partial charge in [0.15, 0.2) is 5.17 Å². The Kier molecular flexibility index (Phi) is 8.74. The number of halogens is 5. The number of nitrogens with one attached hydrogen (secondary N) is 1. The van der Waals surface area contributed by atoms with Crippen LogP contribution in [-0.4, -0.2) is 75.1 Å². The second-order valence-corrected chi connectivity index (χ2v) is 13.1. The Labute approximate surface area is 260 Å². The van der Waals surface area contributed by atoms with Gasteiger partial charge in [-0.2, -0.15) is 23.3 Å². The standard InChI is InChI=1S/C30H30ClF4N5O3S/c1-29(2,3)43-28(42)40-10-9-24(22(32)15-40)39(4)27-37-26(41)25(44-27)20(16-6-8-23-18(11-16)14-36-38-23)12-17-5-7-19(31)13-21(17)30(33,34)35/h5-8,11,13-14,22,24H,9-10,12,15H2,1-4H3,(H,36,38). The molecule has 1 saturated heterocycles. The zero-order valence-corrected chi connectivity index (χ0v) is 25.9. The molecule has 8 nitrogen and oxygen atoms in total. The van der Waals surface area contributed by atoms with Gasteiger partial charge in [-0.15, -0.1) is 0 Å². The van der Waals surface area contributed by atoms with Gasteiger partial charge >= 0.3 is 12.3 Å². The minimum absolute atomic E-state index is 0.0628. The first-order valence-electron chi connectivity index (χ1n) is 13.8. The molecule has 234 valence electrons. The largest absolute Gasteiger partial charge is 0.444 e. The van der Waals surface area contributed by atoms with Crippen molar-refractivity contribution < 1.29 is 31.9 Å². The normalized spacial score (nSPS) is 20.6. The maximum Gasteiger partial charge on any atom is 0.416 e. The minimum atomic E-state index is -4.68. The molecule has 2 amide bonds. The van der Waals surface area contributed by atoms with Crippen molar-refractivity contribution in [2.24, 2.45) is 4.99 Å². The minimum Gasteiger partial charge on any atom is -0.444 e.